The fourth-order valence-corrected chi connectivity index (χ4v) is 1.65. The fourth-order valence-electron chi connectivity index (χ4n) is 1.65. The van der Waals surface area contributed by atoms with Crippen LogP contribution in [0.2, 0.25) is 0 Å². The highest BCUT2D eigenvalue weighted by Gasteiger charge is 2.14. The second kappa shape index (κ2) is 7.14. The zero-order chi connectivity index (χ0) is 15.1. The number of ether oxygens (including phenoxy) is 1. The number of carbonyl (C=O) groups is 1. The highest BCUT2D eigenvalue weighted by Crippen LogP contribution is 2.07. The summed E-state index contributed by atoms with van der Waals surface area (Å²) in [6, 6.07) is 9.82. The quantitative estimate of drug-likeness (QED) is 0.668. The van der Waals surface area contributed by atoms with E-state index in [1.165, 1.54) is 6.20 Å². The predicted molar refractivity (Wildman–Crippen MR) is 80.1 cm³/mol. The molecular weight excluding hydrogens is 268 g/mol. The fraction of sp³-hybridized carbons (Fsp3) is 0.200. The molecule has 0 aliphatic heterocycles. The van der Waals surface area contributed by atoms with Gasteiger partial charge in [0.15, 0.2) is 11.5 Å². The Morgan fingerprint density at radius 3 is 2.86 bits per heavy atom. The molecule has 0 saturated heterocycles. The average Bonchev–Trinajstić information content (AvgIpc) is 2.50. The Hall–Kier alpha value is -2.76. The van der Waals surface area contributed by atoms with Crippen molar-refractivity contribution in [1.29, 1.82) is 0 Å². The van der Waals surface area contributed by atoms with Crippen LogP contribution in [0.4, 0.5) is 5.82 Å². The van der Waals surface area contributed by atoms with E-state index in [1.54, 1.807) is 13.1 Å². The Balaban J connectivity index is 2.10. The number of carbonyl (C=O) groups excluding carboxylic acids is 1. The molecule has 0 bridgehead atoms. The van der Waals surface area contributed by atoms with E-state index in [1.807, 2.05) is 30.3 Å². The number of nitrogens with two attached hydrogens (primary N) is 1. The maximum Gasteiger partial charge on any atom is 0.360 e. The van der Waals surface area contributed by atoms with Gasteiger partial charge < -0.3 is 10.5 Å². The molecule has 0 spiro atoms. The molecule has 1 aromatic heterocycles. The predicted octanol–water partition coefficient (Wildman–Crippen LogP) is 1.85. The van der Waals surface area contributed by atoms with Crippen LogP contribution in [0.5, 0.6) is 0 Å². The molecule has 1 heterocycles. The van der Waals surface area contributed by atoms with Crippen LogP contribution in [0.25, 0.3) is 0 Å². The highest BCUT2D eigenvalue weighted by molar-refractivity contribution is 5.92. The SMILES string of the molecule is CCOC(=O)c1nc(C=NCc2ccccc2)cnc1N. The second-order valence-electron chi connectivity index (χ2n) is 4.20. The Labute approximate surface area is 122 Å². The lowest BCUT2D eigenvalue weighted by atomic mass is 10.2. The smallest absolute Gasteiger partial charge is 0.360 e. The number of rotatable bonds is 5. The van der Waals surface area contributed by atoms with Crippen LogP contribution in [0.1, 0.15) is 28.7 Å². The Kier molecular flexibility index (Phi) is 4.98. The third-order valence-corrected chi connectivity index (χ3v) is 2.63. The molecule has 0 fully saturated rings. The third kappa shape index (κ3) is 4.10. The lowest BCUT2D eigenvalue weighted by molar-refractivity contribution is 0.0520. The zero-order valence-electron chi connectivity index (χ0n) is 11.7. The van der Waals surface area contributed by atoms with E-state index in [0.29, 0.717) is 12.2 Å². The number of hydrogen-bond donors (Lipinski definition) is 1. The number of aliphatic imine (C=N–C) groups is 1. The molecule has 6 nitrogen and oxygen atoms in total. The normalized spacial score (nSPS) is 10.7. The van der Waals surface area contributed by atoms with E-state index in [-0.39, 0.29) is 18.1 Å². The maximum atomic E-state index is 11.7. The van der Waals surface area contributed by atoms with Gasteiger partial charge in [0.1, 0.15) is 5.69 Å². The second-order valence-corrected chi connectivity index (χ2v) is 4.20. The summed E-state index contributed by atoms with van der Waals surface area (Å²) in [5.41, 5.74) is 7.18. The minimum Gasteiger partial charge on any atom is -0.461 e. The molecule has 2 aromatic rings. The van der Waals surface area contributed by atoms with Crippen molar-refractivity contribution >= 4 is 18.0 Å². The van der Waals surface area contributed by atoms with Crippen molar-refractivity contribution in [3.05, 3.63) is 53.5 Å². The van der Waals surface area contributed by atoms with E-state index < -0.39 is 5.97 Å². The lowest BCUT2D eigenvalue weighted by Gasteiger charge is -2.04. The number of nitrogens with zero attached hydrogens (tertiary/aromatic N) is 3. The third-order valence-electron chi connectivity index (χ3n) is 2.63. The molecule has 1 aromatic carbocycles. The summed E-state index contributed by atoms with van der Waals surface area (Å²) in [5.74, 6) is -0.533. The summed E-state index contributed by atoms with van der Waals surface area (Å²) in [7, 11) is 0. The van der Waals surface area contributed by atoms with Crippen LogP contribution in [0.3, 0.4) is 0 Å². The Morgan fingerprint density at radius 1 is 1.38 bits per heavy atom. The summed E-state index contributed by atoms with van der Waals surface area (Å²) in [6.45, 7) is 2.50. The van der Waals surface area contributed by atoms with Gasteiger partial charge in [-0.15, -0.1) is 0 Å². The van der Waals surface area contributed by atoms with Gasteiger partial charge in [-0.05, 0) is 12.5 Å². The average molecular weight is 284 g/mol. The first-order valence-corrected chi connectivity index (χ1v) is 6.54. The van der Waals surface area contributed by atoms with Gasteiger partial charge in [0, 0.05) is 6.21 Å². The van der Waals surface area contributed by atoms with Gasteiger partial charge in [0.05, 0.1) is 19.3 Å². The van der Waals surface area contributed by atoms with Crippen LogP contribution < -0.4 is 5.73 Å². The number of aromatic nitrogens is 2. The van der Waals surface area contributed by atoms with Crippen molar-refractivity contribution < 1.29 is 9.53 Å². The first-order chi connectivity index (χ1) is 10.2. The number of benzene rings is 1. The van der Waals surface area contributed by atoms with E-state index in [9.17, 15) is 4.79 Å². The molecule has 0 amide bonds. The molecule has 0 unspecified atom stereocenters. The minimum absolute atomic E-state index is 0.0144. The van der Waals surface area contributed by atoms with Gasteiger partial charge >= 0.3 is 5.97 Å². The monoisotopic (exact) mass is 284 g/mol. The highest BCUT2D eigenvalue weighted by atomic mass is 16.5. The van der Waals surface area contributed by atoms with Gasteiger partial charge in [0.2, 0.25) is 0 Å². The number of esters is 1. The molecule has 2 N–H and O–H groups in total. The first-order valence-electron chi connectivity index (χ1n) is 6.54. The Morgan fingerprint density at radius 2 is 2.14 bits per heavy atom. The molecule has 108 valence electrons. The van der Waals surface area contributed by atoms with E-state index in [0.717, 1.165) is 5.56 Å². The van der Waals surface area contributed by atoms with E-state index in [2.05, 4.69) is 15.0 Å². The van der Waals surface area contributed by atoms with Gasteiger partial charge in [-0.2, -0.15) is 0 Å². The largest absolute Gasteiger partial charge is 0.461 e. The maximum absolute atomic E-state index is 11.7. The summed E-state index contributed by atoms with van der Waals surface area (Å²) >= 11 is 0. The van der Waals surface area contributed by atoms with Crippen molar-refractivity contribution in [2.75, 3.05) is 12.3 Å². The van der Waals surface area contributed by atoms with Gasteiger partial charge in [0.25, 0.3) is 0 Å². The molecule has 0 aliphatic rings. The van der Waals surface area contributed by atoms with Crippen molar-refractivity contribution in [2.24, 2.45) is 4.99 Å². The van der Waals surface area contributed by atoms with Crippen molar-refractivity contribution in [3.63, 3.8) is 0 Å². The summed E-state index contributed by atoms with van der Waals surface area (Å²) in [6.07, 6.45) is 3.02. The van der Waals surface area contributed by atoms with Gasteiger partial charge in [-0.25, -0.2) is 14.8 Å². The van der Waals surface area contributed by atoms with Crippen molar-refractivity contribution in [1.82, 2.24) is 9.97 Å². The van der Waals surface area contributed by atoms with Crippen molar-refractivity contribution in [2.45, 2.75) is 13.5 Å². The van der Waals surface area contributed by atoms with Crippen molar-refractivity contribution in [3.8, 4) is 0 Å². The topological polar surface area (TPSA) is 90.5 Å². The summed E-state index contributed by atoms with van der Waals surface area (Å²) in [5, 5.41) is 0. The summed E-state index contributed by atoms with van der Waals surface area (Å²) in [4.78, 5) is 24.0. The molecule has 6 heteroatoms. The van der Waals surface area contributed by atoms with Gasteiger partial charge in [-0.3, -0.25) is 4.99 Å². The van der Waals surface area contributed by atoms with Crippen LogP contribution in [-0.2, 0) is 11.3 Å². The van der Waals surface area contributed by atoms with Gasteiger partial charge in [-0.1, -0.05) is 30.3 Å². The van der Waals surface area contributed by atoms with E-state index in [4.69, 9.17) is 10.5 Å². The van der Waals surface area contributed by atoms with Crippen LogP contribution >= 0.6 is 0 Å². The number of hydrogen-bond acceptors (Lipinski definition) is 6. The molecule has 21 heavy (non-hydrogen) atoms. The molecular formula is C15H16N4O2. The minimum atomic E-state index is -0.583. The zero-order valence-corrected chi connectivity index (χ0v) is 11.7. The number of nitrogen functional groups attached to an aromatic ring is 1. The van der Waals surface area contributed by atoms with E-state index >= 15 is 0 Å². The molecule has 2 rings (SSSR count). The number of anilines is 1. The standard InChI is InChI=1S/C15H16N4O2/c1-2-21-15(20)13-14(16)18-10-12(19-13)9-17-8-11-6-4-3-5-7-11/h3-7,9-10H,2,8H2,1H3,(H2,16,18). The molecule has 0 saturated carbocycles. The lowest BCUT2D eigenvalue weighted by Crippen LogP contribution is -2.13. The first kappa shape index (κ1) is 14.6. The molecule has 0 atom stereocenters. The van der Waals surface area contributed by atoms with Crippen LogP contribution in [-0.4, -0.2) is 28.8 Å². The molecule has 0 radical (unpaired) electrons. The van der Waals surface area contributed by atoms with Crippen LogP contribution in [0, 0.1) is 0 Å². The Bertz CT molecular complexity index is 641. The molecule has 0 aliphatic carbocycles. The van der Waals surface area contributed by atoms with Crippen LogP contribution in [0.15, 0.2) is 41.5 Å². The summed E-state index contributed by atoms with van der Waals surface area (Å²) < 4.78 is 4.87.